The Balaban J connectivity index is 1.58. The van der Waals surface area contributed by atoms with E-state index in [-0.39, 0.29) is 10.9 Å². The molecule has 0 saturated heterocycles. The van der Waals surface area contributed by atoms with Crippen LogP contribution in [0, 0.1) is 11.3 Å². The van der Waals surface area contributed by atoms with Gasteiger partial charge in [-0.15, -0.1) is 0 Å². The van der Waals surface area contributed by atoms with Crippen molar-refractivity contribution in [2.75, 3.05) is 0 Å². The van der Waals surface area contributed by atoms with Gasteiger partial charge in [-0.2, -0.15) is 23.2 Å². The summed E-state index contributed by atoms with van der Waals surface area (Å²) in [6.45, 7) is 0.735. The molecule has 5 rings (SSSR count). The van der Waals surface area contributed by atoms with Gasteiger partial charge in [-0.25, -0.2) is 13.4 Å². The predicted octanol–water partition coefficient (Wildman–Crippen LogP) is 4.80. The highest BCUT2D eigenvalue weighted by molar-refractivity contribution is 7.89. The van der Waals surface area contributed by atoms with Gasteiger partial charge in [0.15, 0.2) is 0 Å². The molecule has 2 aliphatic rings. The number of hydrogen-bond acceptors (Lipinski definition) is 5. The van der Waals surface area contributed by atoms with Crippen LogP contribution < -0.4 is 4.72 Å². The molecule has 3 aromatic rings. The van der Waals surface area contributed by atoms with E-state index in [1.807, 2.05) is 16.7 Å². The molecule has 3 heterocycles. The molecule has 7 nitrogen and oxygen atoms in total. The lowest BCUT2D eigenvalue weighted by atomic mass is 9.92. The minimum atomic E-state index is -4.71. The van der Waals surface area contributed by atoms with Crippen LogP contribution in [0.25, 0.3) is 22.4 Å². The molecule has 1 atom stereocenters. The molecule has 2 aliphatic carbocycles. The number of pyridine rings is 2. The molecule has 0 spiro atoms. The maximum atomic E-state index is 12.8. The van der Waals surface area contributed by atoms with Crippen molar-refractivity contribution < 1.29 is 21.6 Å². The van der Waals surface area contributed by atoms with Crippen molar-refractivity contribution in [2.45, 2.75) is 68.1 Å². The fourth-order valence-electron chi connectivity index (χ4n) is 4.21. The third-order valence-electron chi connectivity index (χ3n) is 6.53. The zero-order valence-corrected chi connectivity index (χ0v) is 19.1. The van der Waals surface area contributed by atoms with Gasteiger partial charge in [0.05, 0.1) is 17.0 Å². The Labute approximate surface area is 194 Å². The average molecular weight is 490 g/mol. The number of alkyl halides is 3. The molecule has 0 bridgehead atoms. The number of rotatable bonds is 6. The van der Waals surface area contributed by atoms with Crippen molar-refractivity contribution in [1.82, 2.24) is 19.3 Å². The second-order valence-corrected chi connectivity index (χ2v) is 10.6. The van der Waals surface area contributed by atoms with Crippen LogP contribution in [0.1, 0.15) is 62.2 Å². The van der Waals surface area contributed by atoms with Crippen LogP contribution in [-0.2, 0) is 10.0 Å². The van der Waals surface area contributed by atoms with E-state index in [4.69, 9.17) is 4.98 Å². The van der Waals surface area contributed by atoms with Crippen LogP contribution in [0.15, 0.2) is 35.4 Å². The number of nitrogens with one attached hydrogen (secondary N) is 1. The Morgan fingerprint density at radius 3 is 2.44 bits per heavy atom. The summed E-state index contributed by atoms with van der Waals surface area (Å²) in [5, 5.41) is 10.7. The van der Waals surface area contributed by atoms with Crippen LogP contribution in [0.5, 0.6) is 0 Å². The summed E-state index contributed by atoms with van der Waals surface area (Å²) in [7, 11) is -4.43. The van der Waals surface area contributed by atoms with Crippen molar-refractivity contribution in [3.8, 4) is 17.5 Å². The summed E-state index contributed by atoms with van der Waals surface area (Å²) in [5.41, 5.74) is 3.06. The Morgan fingerprint density at radius 1 is 1.18 bits per heavy atom. The molecule has 0 radical (unpaired) electrons. The smallest absolute Gasteiger partial charge is 0.320 e. The van der Waals surface area contributed by atoms with Crippen LogP contribution in [0.4, 0.5) is 13.2 Å². The van der Waals surface area contributed by atoms with Crippen LogP contribution in [-0.4, -0.2) is 35.2 Å². The highest BCUT2D eigenvalue weighted by atomic mass is 32.2. The SMILES string of the molecule is C[C@H](NS(=O)(=O)c1ccc(-c2c(C#N)c3ccc(C4CC4)nc3n2C2CCC2)nc1)C(F)(F)F. The van der Waals surface area contributed by atoms with Crippen molar-refractivity contribution >= 4 is 21.1 Å². The normalized spacial score (nSPS) is 18.0. The first-order valence-corrected chi connectivity index (χ1v) is 12.6. The van der Waals surface area contributed by atoms with E-state index in [0.29, 0.717) is 28.3 Å². The summed E-state index contributed by atoms with van der Waals surface area (Å²) in [5.74, 6) is 0.442. The fraction of sp³-hybridized carbons (Fsp3) is 0.435. The van der Waals surface area contributed by atoms with Gasteiger partial charge < -0.3 is 4.57 Å². The van der Waals surface area contributed by atoms with E-state index in [1.165, 1.54) is 12.1 Å². The lowest BCUT2D eigenvalue weighted by molar-refractivity contribution is -0.147. The van der Waals surface area contributed by atoms with Gasteiger partial charge in [-0.05, 0) is 63.3 Å². The zero-order valence-electron chi connectivity index (χ0n) is 18.3. The zero-order chi connectivity index (χ0) is 24.3. The van der Waals surface area contributed by atoms with Crippen molar-refractivity contribution in [2.24, 2.45) is 0 Å². The minimum absolute atomic E-state index is 0.154. The molecule has 3 aromatic heterocycles. The van der Waals surface area contributed by atoms with Gasteiger partial charge in [0.25, 0.3) is 0 Å². The average Bonchev–Trinajstić information content (AvgIpc) is 3.55. The number of nitrogens with zero attached hydrogens (tertiary/aromatic N) is 4. The molecule has 0 aliphatic heterocycles. The molecule has 0 amide bonds. The topological polar surface area (TPSA) is 101 Å². The molecule has 178 valence electrons. The van der Waals surface area contributed by atoms with E-state index in [9.17, 15) is 26.9 Å². The number of fused-ring (bicyclic) bond motifs is 1. The molecule has 0 aromatic carbocycles. The van der Waals surface area contributed by atoms with E-state index < -0.39 is 22.2 Å². The Hall–Kier alpha value is -2.97. The molecule has 2 fully saturated rings. The van der Waals surface area contributed by atoms with Gasteiger partial charge >= 0.3 is 6.18 Å². The van der Waals surface area contributed by atoms with E-state index in [1.54, 1.807) is 4.72 Å². The number of aromatic nitrogens is 3. The molecule has 1 N–H and O–H groups in total. The highest BCUT2D eigenvalue weighted by Crippen LogP contribution is 2.44. The second kappa shape index (κ2) is 8.06. The first-order valence-electron chi connectivity index (χ1n) is 11.1. The summed E-state index contributed by atoms with van der Waals surface area (Å²) >= 11 is 0. The van der Waals surface area contributed by atoms with E-state index in [2.05, 4.69) is 11.1 Å². The van der Waals surface area contributed by atoms with Crippen LogP contribution in [0.3, 0.4) is 0 Å². The molecular weight excluding hydrogens is 467 g/mol. The third kappa shape index (κ3) is 3.95. The largest absolute Gasteiger partial charge is 0.404 e. The third-order valence-corrected chi connectivity index (χ3v) is 8.06. The number of hydrogen-bond donors (Lipinski definition) is 1. The number of nitriles is 1. The van der Waals surface area contributed by atoms with Gasteiger partial charge in [0.1, 0.15) is 22.7 Å². The minimum Gasteiger partial charge on any atom is -0.320 e. The van der Waals surface area contributed by atoms with Gasteiger partial charge in [0, 0.05) is 29.2 Å². The number of halogens is 3. The molecule has 2 saturated carbocycles. The van der Waals surface area contributed by atoms with Crippen molar-refractivity contribution in [3.63, 3.8) is 0 Å². The second-order valence-electron chi connectivity index (χ2n) is 8.94. The van der Waals surface area contributed by atoms with E-state index >= 15 is 0 Å². The highest BCUT2D eigenvalue weighted by Gasteiger charge is 2.39. The lowest BCUT2D eigenvalue weighted by Gasteiger charge is -2.29. The predicted molar refractivity (Wildman–Crippen MR) is 118 cm³/mol. The Kier molecular flexibility index (Phi) is 5.41. The van der Waals surface area contributed by atoms with Gasteiger partial charge in [-0.1, -0.05) is 0 Å². The Morgan fingerprint density at radius 2 is 1.91 bits per heavy atom. The van der Waals surface area contributed by atoms with E-state index in [0.717, 1.165) is 56.6 Å². The standard InChI is InChI=1S/C23H22F3N5O2S/c1-13(23(24,25)26)30-34(32,33)16-7-9-20(28-12-16)21-18(11-27)17-8-10-19(14-5-6-14)29-22(17)31(21)15-3-2-4-15/h7-10,12-15,30H,2-6H2,1H3/t13-/m0/s1. The summed E-state index contributed by atoms with van der Waals surface area (Å²) in [6, 6.07) is 6.67. The molecule has 34 heavy (non-hydrogen) atoms. The maximum Gasteiger partial charge on any atom is 0.404 e. The summed E-state index contributed by atoms with van der Waals surface area (Å²) < 4.78 is 67.0. The molecule has 0 unspecified atom stereocenters. The number of sulfonamides is 1. The van der Waals surface area contributed by atoms with Crippen molar-refractivity contribution in [1.29, 1.82) is 5.26 Å². The van der Waals surface area contributed by atoms with Gasteiger partial charge in [0.2, 0.25) is 10.0 Å². The monoisotopic (exact) mass is 489 g/mol. The fourth-order valence-corrected chi connectivity index (χ4v) is 5.39. The first-order chi connectivity index (χ1) is 16.1. The van der Waals surface area contributed by atoms with Crippen LogP contribution in [0.2, 0.25) is 0 Å². The van der Waals surface area contributed by atoms with Crippen LogP contribution >= 0.6 is 0 Å². The molecular formula is C23H22F3N5O2S. The summed E-state index contributed by atoms with van der Waals surface area (Å²) in [4.78, 5) is 8.76. The maximum absolute atomic E-state index is 12.8. The first kappa shape index (κ1) is 22.8. The van der Waals surface area contributed by atoms with Crippen molar-refractivity contribution in [3.05, 3.63) is 41.7 Å². The van der Waals surface area contributed by atoms with Gasteiger partial charge in [-0.3, -0.25) is 4.98 Å². The summed E-state index contributed by atoms with van der Waals surface area (Å²) in [6.07, 6.45) is 1.43. The quantitative estimate of drug-likeness (QED) is 0.536. The lowest BCUT2D eigenvalue weighted by Crippen LogP contribution is -2.42. The Bertz CT molecular complexity index is 1400. The molecule has 11 heteroatoms.